The molecule has 0 aliphatic heterocycles. The van der Waals surface area contributed by atoms with Gasteiger partial charge in [-0.25, -0.2) is 9.48 Å². The lowest BCUT2D eigenvalue weighted by Crippen LogP contribution is -2.63. The normalized spacial score (nSPS) is 30.3. The van der Waals surface area contributed by atoms with Crippen LogP contribution in [0.3, 0.4) is 0 Å². The van der Waals surface area contributed by atoms with E-state index in [4.69, 9.17) is 11.6 Å². The van der Waals surface area contributed by atoms with E-state index in [1.165, 1.54) is 23.0 Å². The Hall–Kier alpha value is -2.87. The molecule has 0 saturated heterocycles. The fourth-order valence-corrected chi connectivity index (χ4v) is 6.78. The van der Waals surface area contributed by atoms with Crippen LogP contribution < -0.4 is 10.9 Å². The number of nitrogens with zero attached hydrogens (tertiary/aromatic N) is 2. The van der Waals surface area contributed by atoms with Gasteiger partial charge in [0.2, 0.25) is 0 Å². The number of rotatable bonds is 5. The van der Waals surface area contributed by atoms with Crippen molar-refractivity contribution in [1.29, 1.82) is 0 Å². The molecule has 4 saturated carbocycles. The molecule has 168 valence electrons. The van der Waals surface area contributed by atoms with Gasteiger partial charge in [-0.2, -0.15) is 5.10 Å². The molecule has 8 nitrogen and oxygen atoms in total. The molecular weight excluding hydrogens is 434 g/mol. The van der Waals surface area contributed by atoms with Crippen LogP contribution in [0.4, 0.5) is 11.4 Å². The summed E-state index contributed by atoms with van der Waals surface area (Å²) in [6, 6.07) is 4.64. The number of aromatic nitrogens is 2. The van der Waals surface area contributed by atoms with Crippen molar-refractivity contribution in [3.05, 3.63) is 50.9 Å². The summed E-state index contributed by atoms with van der Waals surface area (Å²) < 4.78 is 1.34. The Labute approximate surface area is 189 Å². The Bertz CT molecular complexity index is 1180. The van der Waals surface area contributed by atoms with Crippen molar-refractivity contribution in [2.24, 2.45) is 23.7 Å². The number of halogens is 1. The van der Waals surface area contributed by atoms with Crippen molar-refractivity contribution in [3.63, 3.8) is 0 Å². The fraction of sp³-hybridized carbons (Fsp3) is 0.478. The first kappa shape index (κ1) is 21.0. The summed E-state index contributed by atoms with van der Waals surface area (Å²) in [5.41, 5.74) is 0.283. The summed E-state index contributed by atoms with van der Waals surface area (Å²) in [5.74, 6) is -1.70. The van der Waals surface area contributed by atoms with Gasteiger partial charge in [0, 0.05) is 5.69 Å². The number of carbonyl (C=O) groups is 2. The minimum absolute atomic E-state index is 0.0606. The zero-order valence-corrected chi connectivity index (χ0v) is 18.3. The predicted octanol–water partition coefficient (Wildman–Crippen LogP) is 3.88. The molecule has 32 heavy (non-hydrogen) atoms. The summed E-state index contributed by atoms with van der Waals surface area (Å²) in [6.45, 7) is 1.81. The number of aliphatic carboxylic acids is 1. The largest absolute Gasteiger partial charge is 0.481 e. The standard InChI is InChI=1S/C23H24ClN3O5/c1-11-2-3-14(21(29)30)7-16(11)26-17-10-25-27(20(28)19(17)24)23-8-12-4-13(9-23)6-15(5-12)18(23)22(31)32/h2-3,7,10,12-13,15,18,26H,4-6,8-9H2,1H3,(H,29,30)(H,31,32). The molecule has 3 atom stereocenters. The molecule has 0 radical (unpaired) electrons. The van der Waals surface area contributed by atoms with E-state index in [0.717, 1.165) is 24.8 Å². The zero-order valence-electron chi connectivity index (χ0n) is 17.5. The lowest BCUT2D eigenvalue weighted by Gasteiger charge is -2.59. The maximum absolute atomic E-state index is 13.4. The van der Waals surface area contributed by atoms with Crippen LogP contribution in [-0.4, -0.2) is 31.9 Å². The minimum atomic E-state index is -1.06. The maximum atomic E-state index is 13.4. The molecular formula is C23H24ClN3O5. The molecule has 4 aliphatic rings. The molecule has 3 N–H and O–H groups in total. The molecule has 0 spiro atoms. The molecule has 2 aromatic rings. The first-order valence-corrected chi connectivity index (χ1v) is 11.2. The number of benzene rings is 1. The summed E-state index contributed by atoms with van der Waals surface area (Å²) >= 11 is 6.47. The smallest absolute Gasteiger partial charge is 0.335 e. The van der Waals surface area contributed by atoms with Crippen molar-refractivity contribution >= 4 is 34.9 Å². The second-order valence-electron chi connectivity index (χ2n) is 9.58. The molecule has 1 aromatic heterocycles. The summed E-state index contributed by atoms with van der Waals surface area (Å²) in [7, 11) is 0. The van der Waals surface area contributed by atoms with Gasteiger partial charge in [-0.3, -0.25) is 9.59 Å². The summed E-state index contributed by atoms with van der Waals surface area (Å²) in [5, 5.41) is 26.7. The lowest BCUT2D eigenvalue weighted by atomic mass is 9.48. The third kappa shape index (κ3) is 3.11. The highest BCUT2D eigenvalue weighted by atomic mass is 35.5. The molecule has 3 unspecified atom stereocenters. The number of nitrogens with one attached hydrogen (secondary N) is 1. The van der Waals surface area contributed by atoms with Gasteiger partial charge in [-0.15, -0.1) is 0 Å². The summed E-state index contributed by atoms with van der Waals surface area (Å²) in [4.78, 5) is 36.9. The number of hydrogen-bond donors (Lipinski definition) is 3. The Morgan fingerprint density at radius 2 is 1.84 bits per heavy atom. The lowest BCUT2D eigenvalue weighted by molar-refractivity contribution is -0.168. The molecule has 1 aromatic carbocycles. The van der Waals surface area contributed by atoms with E-state index in [2.05, 4.69) is 10.4 Å². The number of hydrogen-bond acceptors (Lipinski definition) is 5. The van der Waals surface area contributed by atoms with Gasteiger partial charge in [0.25, 0.3) is 5.56 Å². The first-order chi connectivity index (χ1) is 15.2. The van der Waals surface area contributed by atoms with Crippen molar-refractivity contribution < 1.29 is 19.8 Å². The van der Waals surface area contributed by atoms with Gasteiger partial charge < -0.3 is 15.5 Å². The average Bonchev–Trinajstić information content (AvgIpc) is 2.71. The number of aryl methyl sites for hydroxylation is 1. The molecule has 0 amide bonds. The van der Waals surface area contributed by atoms with E-state index in [1.54, 1.807) is 6.07 Å². The Kier molecular flexibility index (Phi) is 4.81. The highest BCUT2D eigenvalue weighted by Crippen LogP contribution is 2.61. The quantitative estimate of drug-likeness (QED) is 0.622. The van der Waals surface area contributed by atoms with Crippen LogP contribution in [0.25, 0.3) is 0 Å². The van der Waals surface area contributed by atoms with Gasteiger partial charge in [0.15, 0.2) is 0 Å². The summed E-state index contributed by atoms with van der Waals surface area (Å²) in [6.07, 6.45) is 5.59. The monoisotopic (exact) mass is 457 g/mol. The van der Waals surface area contributed by atoms with Crippen LogP contribution in [0.15, 0.2) is 29.2 Å². The third-order valence-corrected chi connectivity index (χ3v) is 8.00. The number of carboxylic acid groups (broad SMARTS) is 2. The van der Waals surface area contributed by atoms with E-state index in [-0.39, 0.29) is 22.2 Å². The Morgan fingerprint density at radius 3 is 2.47 bits per heavy atom. The van der Waals surface area contributed by atoms with Crippen LogP contribution in [-0.2, 0) is 10.3 Å². The van der Waals surface area contributed by atoms with E-state index in [0.29, 0.717) is 30.4 Å². The van der Waals surface area contributed by atoms with Crippen LogP contribution in [0.1, 0.15) is 48.0 Å². The fourth-order valence-electron chi connectivity index (χ4n) is 6.61. The van der Waals surface area contributed by atoms with Gasteiger partial charge in [0.1, 0.15) is 5.02 Å². The topological polar surface area (TPSA) is 122 Å². The zero-order chi connectivity index (χ0) is 22.8. The van der Waals surface area contributed by atoms with Gasteiger partial charge in [0.05, 0.1) is 28.9 Å². The predicted molar refractivity (Wildman–Crippen MR) is 118 cm³/mol. The van der Waals surface area contributed by atoms with Gasteiger partial charge >= 0.3 is 11.9 Å². The van der Waals surface area contributed by atoms with E-state index >= 15 is 0 Å². The second kappa shape index (κ2) is 7.33. The van der Waals surface area contributed by atoms with E-state index in [9.17, 15) is 24.6 Å². The van der Waals surface area contributed by atoms with Crippen molar-refractivity contribution in [2.45, 2.75) is 44.6 Å². The number of anilines is 2. The van der Waals surface area contributed by atoms with Crippen LogP contribution in [0.2, 0.25) is 5.02 Å². The Balaban J connectivity index is 1.55. The van der Waals surface area contributed by atoms with Crippen molar-refractivity contribution in [1.82, 2.24) is 9.78 Å². The highest BCUT2D eigenvalue weighted by molar-refractivity contribution is 6.33. The number of aromatic carboxylic acids is 1. The molecule has 9 heteroatoms. The van der Waals surface area contributed by atoms with Crippen LogP contribution in [0.5, 0.6) is 0 Å². The number of carboxylic acids is 2. The Morgan fingerprint density at radius 1 is 1.16 bits per heavy atom. The molecule has 1 heterocycles. The van der Waals surface area contributed by atoms with E-state index < -0.39 is 29.0 Å². The molecule has 4 fully saturated rings. The molecule has 4 aliphatic carbocycles. The molecule has 6 rings (SSSR count). The second-order valence-corrected chi connectivity index (χ2v) is 9.95. The van der Waals surface area contributed by atoms with Gasteiger partial charge in [-0.1, -0.05) is 17.7 Å². The van der Waals surface area contributed by atoms with E-state index in [1.807, 2.05) is 6.92 Å². The minimum Gasteiger partial charge on any atom is -0.481 e. The van der Waals surface area contributed by atoms with Crippen LogP contribution >= 0.6 is 11.6 Å². The SMILES string of the molecule is Cc1ccc(C(=O)O)cc1Nc1cnn(C23CC4CC(CC(C4)C2C(=O)O)C3)c(=O)c1Cl. The highest BCUT2D eigenvalue weighted by Gasteiger charge is 2.61. The van der Waals surface area contributed by atoms with Crippen molar-refractivity contribution in [3.8, 4) is 0 Å². The first-order valence-electron chi connectivity index (χ1n) is 10.8. The maximum Gasteiger partial charge on any atom is 0.335 e. The van der Waals surface area contributed by atoms with Crippen LogP contribution in [0, 0.1) is 30.6 Å². The average molecular weight is 458 g/mol. The van der Waals surface area contributed by atoms with Gasteiger partial charge in [-0.05, 0) is 74.5 Å². The molecule has 4 bridgehead atoms. The van der Waals surface area contributed by atoms with Crippen molar-refractivity contribution in [2.75, 3.05) is 5.32 Å². The third-order valence-electron chi connectivity index (χ3n) is 7.63.